The van der Waals surface area contributed by atoms with E-state index in [0.29, 0.717) is 19.8 Å². The molecule has 4 rings (SSSR count). The molecule has 3 aromatic rings. The van der Waals surface area contributed by atoms with Crippen LogP contribution >= 0.6 is 0 Å². The Labute approximate surface area is 184 Å². The van der Waals surface area contributed by atoms with E-state index in [-0.39, 0.29) is 0 Å². The van der Waals surface area contributed by atoms with Crippen molar-refractivity contribution in [2.24, 2.45) is 0 Å². The normalized spacial score (nSPS) is 19.3. The Balaban J connectivity index is 1.24. The fraction of sp³-hybridized carbons (Fsp3) is 0.400. The van der Waals surface area contributed by atoms with E-state index >= 15 is 0 Å². The fourth-order valence-electron chi connectivity index (χ4n) is 3.99. The van der Waals surface area contributed by atoms with Crippen LogP contribution in [0.3, 0.4) is 0 Å². The number of aromatic nitrogens is 2. The zero-order chi connectivity index (χ0) is 21.5. The highest BCUT2D eigenvalue weighted by atomic mass is 16.5. The highest BCUT2D eigenvalue weighted by molar-refractivity contribution is 5.27. The van der Waals surface area contributed by atoms with Crippen molar-refractivity contribution in [1.82, 2.24) is 14.7 Å². The van der Waals surface area contributed by atoms with Crippen molar-refractivity contribution in [3.05, 3.63) is 78.1 Å². The molecule has 1 unspecified atom stereocenters. The van der Waals surface area contributed by atoms with Crippen molar-refractivity contribution in [2.45, 2.75) is 38.5 Å². The fourth-order valence-corrected chi connectivity index (χ4v) is 3.99. The lowest BCUT2D eigenvalue weighted by Crippen LogP contribution is -2.51. The first-order valence-corrected chi connectivity index (χ1v) is 10.9. The minimum atomic E-state index is -0.817. The number of rotatable bonds is 9. The molecule has 0 radical (unpaired) electrons. The molecule has 0 bridgehead atoms. The van der Waals surface area contributed by atoms with Crippen molar-refractivity contribution in [2.75, 3.05) is 26.3 Å². The monoisotopic (exact) mass is 421 g/mol. The molecule has 2 heterocycles. The summed E-state index contributed by atoms with van der Waals surface area (Å²) in [5.41, 5.74) is 1.41. The van der Waals surface area contributed by atoms with Crippen LogP contribution < -0.4 is 9.47 Å². The maximum Gasteiger partial charge on any atom is 0.119 e. The molecule has 1 N–H and O–H groups in total. The summed E-state index contributed by atoms with van der Waals surface area (Å²) in [7, 11) is 0. The standard InChI is InChI=1S/C25H31N3O3/c1-21-12-15-28(26-21)16-17-30-24-10-8-22(9-11-24)18-27-14-5-13-25(29,19-27)20-31-23-6-3-2-4-7-23/h2-4,6-12,15,29H,5,13-14,16-20H2,1H3. The predicted molar refractivity (Wildman–Crippen MR) is 120 cm³/mol. The van der Waals surface area contributed by atoms with Crippen LogP contribution in [-0.2, 0) is 13.1 Å². The first-order valence-electron chi connectivity index (χ1n) is 10.9. The Morgan fingerprint density at radius 3 is 2.52 bits per heavy atom. The number of benzene rings is 2. The number of aliphatic hydroxyl groups is 1. The van der Waals surface area contributed by atoms with Crippen LogP contribution in [0, 0.1) is 6.92 Å². The molecule has 2 aromatic carbocycles. The first kappa shape index (κ1) is 21.4. The van der Waals surface area contributed by atoms with Crippen molar-refractivity contribution < 1.29 is 14.6 Å². The van der Waals surface area contributed by atoms with Crippen molar-refractivity contribution in [3.8, 4) is 11.5 Å². The van der Waals surface area contributed by atoms with Crippen LogP contribution in [0.2, 0.25) is 0 Å². The van der Waals surface area contributed by atoms with Crippen LogP contribution in [0.15, 0.2) is 66.9 Å². The zero-order valence-corrected chi connectivity index (χ0v) is 18.1. The first-order chi connectivity index (χ1) is 15.1. The summed E-state index contributed by atoms with van der Waals surface area (Å²) in [6, 6.07) is 19.9. The van der Waals surface area contributed by atoms with Gasteiger partial charge in [-0.25, -0.2) is 0 Å². The summed E-state index contributed by atoms with van der Waals surface area (Å²) in [5, 5.41) is 15.4. The summed E-state index contributed by atoms with van der Waals surface area (Å²) < 4.78 is 13.6. The van der Waals surface area contributed by atoms with Crippen molar-refractivity contribution in [1.29, 1.82) is 0 Å². The molecule has 164 valence electrons. The molecule has 1 fully saturated rings. The van der Waals surface area contributed by atoms with E-state index < -0.39 is 5.60 Å². The Morgan fingerprint density at radius 1 is 1.00 bits per heavy atom. The Hall–Kier alpha value is -2.83. The second-order valence-corrected chi connectivity index (χ2v) is 8.35. The molecule has 6 heteroatoms. The number of para-hydroxylation sites is 1. The third-order valence-electron chi connectivity index (χ3n) is 5.58. The molecular formula is C25H31N3O3. The van der Waals surface area contributed by atoms with E-state index in [1.807, 2.05) is 66.3 Å². The third-order valence-corrected chi connectivity index (χ3v) is 5.58. The van der Waals surface area contributed by atoms with Gasteiger partial charge in [-0.05, 0) is 62.2 Å². The van der Waals surface area contributed by atoms with Gasteiger partial charge in [0.25, 0.3) is 0 Å². The lowest BCUT2D eigenvalue weighted by atomic mass is 9.93. The van der Waals surface area contributed by atoms with Gasteiger partial charge >= 0.3 is 0 Å². The van der Waals surface area contributed by atoms with Gasteiger partial charge < -0.3 is 14.6 Å². The van der Waals surface area contributed by atoms with Crippen LogP contribution in [0.5, 0.6) is 11.5 Å². The van der Waals surface area contributed by atoms with Gasteiger partial charge in [-0.1, -0.05) is 30.3 Å². The topological polar surface area (TPSA) is 59.8 Å². The molecule has 1 aromatic heterocycles. The second-order valence-electron chi connectivity index (χ2n) is 8.35. The van der Waals surface area contributed by atoms with Crippen LogP contribution in [0.1, 0.15) is 24.1 Å². The van der Waals surface area contributed by atoms with Crippen molar-refractivity contribution >= 4 is 0 Å². The van der Waals surface area contributed by atoms with E-state index in [1.54, 1.807) is 0 Å². The number of hydrogen-bond donors (Lipinski definition) is 1. The number of nitrogens with zero attached hydrogens (tertiary/aromatic N) is 3. The molecule has 1 atom stereocenters. The van der Waals surface area contributed by atoms with E-state index in [1.165, 1.54) is 5.56 Å². The number of likely N-dealkylation sites (tertiary alicyclic amines) is 1. The van der Waals surface area contributed by atoms with E-state index in [0.717, 1.165) is 49.7 Å². The molecule has 6 nitrogen and oxygen atoms in total. The Bertz CT molecular complexity index is 942. The molecule has 0 aliphatic carbocycles. The van der Waals surface area contributed by atoms with Gasteiger partial charge in [0.1, 0.15) is 30.3 Å². The van der Waals surface area contributed by atoms with Gasteiger partial charge in [-0.15, -0.1) is 0 Å². The number of β-amino-alcohol motifs (C(OH)–C–C–N with tert-alkyl or cyclic N) is 1. The van der Waals surface area contributed by atoms with Crippen LogP contribution in [-0.4, -0.2) is 51.7 Å². The molecule has 0 saturated carbocycles. The number of ether oxygens (including phenoxy) is 2. The average molecular weight is 422 g/mol. The Morgan fingerprint density at radius 2 is 1.77 bits per heavy atom. The van der Waals surface area contributed by atoms with Crippen LogP contribution in [0.25, 0.3) is 0 Å². The van der Waals surface area contributed by atoms with Gasteiger partial charge in [-0.3, -0.25) is 9.58 Å². The summed E-state index contributed by atoms with van der Waals surface area (Å²) >= 11 is 0. The molecular weight excluding hydrogens is 390 g/mol. The van der Waals surface area contributed by atoms with E-state index in [4.69, 9.17) is 9.47 Å². The zero-order valence-electron chi connectivity index (χ0n) is 18.1. The van der Waals surface area contributed by atoms with E-state index in [9.17, 15) is 5.11 Å². The quantitative estimate of drug-likeness (QED) is 0.571. The van der Waals surface area contributed by atoms with Gasteiger partial charge in [0.05, 0.1) is 12.2 Å². The summed E-state index contributed by atoms with van der Waals surface area (Å²) in [5.74, 6) is 1.66. The van der Waals surface area contributed by atoms with E-state index in [2.05, 4.69) is 22.1 Å². The maximum atomic E-state index is 11.0. The van der Waals surface area contributed by atoms with Gasteiger partial charge in [0.15, 0.2) is 0 Å². The molecule has 0 spiro atoms. The molecule has 31 heavy (non-hydrogen) atoms. The minimum absolute atomic E-state index is 0.316. The summed E-state index contributed by atoms with van der Waals surface area (Å²) in [6.45, 7) is 6.01. The molecule has 1 aliphatic rings. The smallest absolute Gasteiger partial charge is 0.119 e. The average Bonchev–Trinajstić information content (AvgIpc) is 3.19. The maximum absolute atomic E-state index is 11.0. The lowest BCUT2D eigenvalue weighted by Gasteiger charge is -2.39. The SMILES string of the molecule is Cc1ccn(CCOc2ccc(CN3CCCC(O)(COc4ccccc4)C3)cc2)n1. The third kappa shape index (κ3) is 6.32. The Kier molecular flexibility index (Phi) is 6.89. The highest BCUT2D eigenvalue weighted by Gasteiger charge is 2.34. The largest absolute Gasteiger partial charge is 0.492 e. The summed E-state index contributed by atoms with van der Waals surface area (Å²) in [6.07, 6.45) is 3.69. The van der Waals surface area contributed by atoms with Gasteiger partial charge in [0.2, 0.25) is 0 Å². The molecule has 1 aliphatic heterocycles. The minimum Gasteiger partial charge on any atom is -0.492 e. The molecule has 1 saturated heterocycles. The predicted octanol–water partition coefficient (Wildman–Crippen LogP) is 3.68. The number of hydrogen-bond acceptors (Lipinski definition) is 5. The summed E-state index contributed by atoms with van der Waals surface area (Å²) in [4.78, 5) is 2.30. The van der Waals surface area contributed by atoms with Gasteiger partial charge in [-0.2, -0.15) is 5.10 Å². The number of piperidine rings is 1. The van der Waals surface area contributed by atoms with Crippen molar-refractivity contribution in [3.63, 3.8) is 0 Å². The second kappa shape index (κ2) is 9.98. The van der Waals surface area contributed by atoms with Crippen LogP contribution in [0.4, 0.5) is 0 Å². The highest BCUT2D eigenvalue weighted by Crippen LogP contribution is 2.24. The lowest BCUT2D eigenvalue weighted by molar-refractivity contribution is -0.0621. The molecule has 0 amide bonds. The number of aryl methyl sites for hydroxylation is 1. The van der Waals surface area contributed by atoms with Gasteiger partial charge in [0, 0.05) is 19.3 Å².